The third-order valence-corrected chi connectivity index (χ3v) is 3.54. The zero-order valence-electron chi connectivity index (χ0n) is 10.5. The molecule has 1 aromatic rings. The highest BCUT2D eigenvalue weighted by Crippen LogP contribution is 2.21. The van der Waals surface area contributed by atoms with E-state index in [9.17, 15) is 9.59 Å². The number of nitrogens with two attached hydrogens (primary N) is 1. The Morgan fingerprint density at radius 1 is 1.37 bits per heavy atom. The van der Waals surface area contributed by atoms with Crippen molar-refractivity contribution >= 4 is 23.4 Å². The third kappa shape index (κ3) is 3.67. The molecular weight excluding hydrogens is 266 g/mol. The van der Waals surface area contributed by atoms with Crippen LogP contribution in [0.3, 0.4) is 0 Å². The lowest BCUT2D eigenvalue weighted by atomic mass is 9.93. The van der Waals surface area contributed by atoms with E-state index in [1.54, 1.807) is 23.1 Å². The average molecular weight is 282 g/mol. The van der Waals surface area contributed by atoms with Crippen molar-refractivity contribution < 1.29 is 9.59 Å². The van der Waals surface area contributed by atoms with Crippen LogP contribution in [-0.4, -0.2) is 34.8 Å². The van der Waals surface area contributed by atoms with Crippen molar-refractivity contribution in [3.05, 3.63) is 29.0 Å². The van der Waals surface area contributed by atoms with E-state index < -0.39 is 0 Å². The highest BCUT2D eigenvalue weighted by molar-refractivity contribution is 6.29. The smallest absolute Gasteiger partial charge is 0.272 e. The lowest BCUT2D eigenvalue weighted by Gasteiger charge is -2.31. The Morgan fingerprint density at radius 2 is 2.05 bits per heavy atom. The van der Waals surface area contributed by atoms with E-state index in [1.165, 1.54) is 0 Å². The van der Waals surface area contributed by atoms with Crippen LogP contribution >= 0.6 is 11.6 Å². The SMILES string of the molecule is NC(=O)CC1CCN(C(=O)c2cccc(Cl)n2)CC1. The van der Waals surface area contributed by atoms with E-state index >= 15 is 0 Å². The number of halogens is 1. The van der Waals surface area contributed by atoms with Gasteiger partial charge in [-0.05, 0) is 30.9 Å². The van der Waals surface area contributed by atoms with Gasteiger partial charge >= 0.3 is 0 Å². The fourth-order valence-electron chi connectivity index (χ4n) is 2.31. The van der Waals surface area contributed by atoms with E-state index in [4.69, 9.17) is 17.3 Å². The summed E-state index contributed by atoms with van der Waals surface area (Å²) < 4.78 is 0. The second kappa shape index (κ2) is 6.02. The van der Waals surface area contributed by atoms with Crippen LogP contribution in [-0.2, 0) is 4.79 Å². The Morgan fingerprint density at radius 3 is 2.63 bits per heavy atom. The zero-order valence-corrected chi connectivity index (χ0v) is 11.3. The maximum atomic E-state index is 12.2. The molecule has 0 bridgehead atoms. The van der Waals surface area contributed by atoms with Crippen molar-refractivity contribution in [2.45, 2.75) is 19.3 Å². The Labute approximate surface area is 116 Å². The number of pyridine rings is 1. The van der Waals surface area contributed by atoms with Gasteiger partial charge in [0, 0.05) is 19.5 Å². The molecule has 1 saturated heterocycles. The van der Waals surface area contributed by atoms with Gasteiger partial charge in [-0.25, -0.2) is 4.98 Å². The number of hydrogen-bond donors (Lipinski definition) is 1. The molecule has 1 fully saturated rings. The maximum absolute atomic E-state index is 12.2. The van der Waals surface area contributed by atoms with Crippen molar-refractivity contribution in [1.29, 1.82) is 0 Å². The van der Waals surface area contributed by atoms with Crippen LogP contribution in [0.2, 0.25) is 5.15 Å². The van der Waals surface area contributed by atoms with Gasteiger partial charge in [0.25, 0.3) is 5.91 Å². The molecule has 0 saturated carbocycles. The Hall–Kier alpha value is -1.62. The molecule has 19 heavy (non-hydrogen) atoms. The van der Waals surface area contributed by atoms with Crippen molar-refractivity contribution in [3.63, 3.8) is 0 Å². The first kappa shape index (κ1) is 13.8. The first-order chi connectivity index (χ1) is 9.06. The summed E-state index contributed by atoms with van der Waals surface area (Å²) in [5, 5.41) is 0.314. The summed E-state index contributed by atoms with van der Waals surface area (Å²) in [6.45, 7) is 1.26. The Kier molecular flexibility index (Phi) is 4.37. The highest BCUT2D eigenvalue weighted by Gasteiger charge is 2.25. The normalized spacial score (nSPS) is 16.4. The molecule has 102 valence electrons. The quantitative estimate of drug-likeness (QED) is 0.852. The summed E-state index contributed by atoms with van der Waals surface area (Å²) in [6, 6.07) is 5.00. The molecular formula is C13H16ClN3O2. The minimum absolute atomic E-state index is 0.111. The Bertz CT molecular complexity index is 485. The summed E-state index contributed by atoms with van der Waals surface area (Å²) in [7, 11) is 0. The fourth-order valence-corrected chi connectivity index (χ4v) is 2.48. The zero-order chi connectivity index (χ0) is 13.8. The topological polar surface area (TPSA) is 76.3 Å². The van der Waals surface area contributed by atoms with Crippen LogP contribution in [0.1, 0.15) is 29.8 Å². The van der Waals surface area contributed by atoms with Gasteiger partial charge in [-0.1, -0.05) is 17.7 Å². The maximum Gasteiger partial charge on any atom is 0.272 e. The first-order valence-corrected chi connectivity index (χ1v) is 6.64. The standard InChI is InChI=1S/C13H16ClN3O2/c14-11-3-1-2-10(16-11)13(19)17-6-4-9(5-7-17)8-12(15)18/h1-3,9H,4-8H2,(H2,15,18). The number of nitrogens with zero attached hydrogens (tertiary/aromatic N) is 2. The number of primary amides is 1. The molecule has 0 spiro atoms. The van der Waals surface area contributed by atoms with Gasteiger partial charge in [0.1, 0.15) is 10.8 Å². The second-order valence-electron chi connectivity index (χ2n) is 4.75. The van der Waals surface area contributed by atoms with Crippen molar-refractivity contribution in [1.82, 2.24) is 9.88 Å². The lowest BCUT2D eigenvalue weighted by molar-refractivity contribution is -0.119. The number of carbonyl (C=O) groups is 2. The van der Waals surface area contributed by atoms with Crippen LogP contribution < -0.4 is 5.73 Å². The second-order valence-corrected chi connectivity index (χ2v) is 5.14. The molecule has 1 aromatic heterocycles. The van der Waals surface area contributed by atoms with Gasteiger partial charge in [0.05, 0.1) is 0 Å². The van der Waals surface area contributed by atoms with Crippen molar-refractivity contribution in [2.75, 3.05) is 13.1 Å². The predicted molar refractivity (Wildman–Crippen MR) is 71.7 cm³/mol. The predicted octanol–water partition coefficient (Wildman–Crippen LogP) is 1.46. The number of aromatic nitrogens is 1. The van der Waals surface area contributed by atoms with Crippen molar-refractivity contribution in [3.8, 4) is 0 Å². The number of piperidine rings is 1. The minimum atomic E-state index is -0.277. The van der Waals surface area contributed by atoms with Gasteiger partial charge in [-0.3, -0.25) is 9.59 Å². The molecule has 2 N–H and O–H groups in total. The lowest BCUT2D eigenvalue weighted by Crippen LogP contribution is -2.39. The molecule has 2 amide bonds. The van der Waals surface area contributed by atoms with Crippen LogP contribution in [0, 0.1) is 5.92 Å². The molecule has 2 rings (SSSR count). The van der Waals surface area contributed by atoms with E-state index in [1.807, 2.05) is 0 Å². The van der Waals surface area contributed by atoms with Gasteiger partial charge in [-0.15, -0.1) is 0 Å². The van der Waals surface area contributed by atoms with Crippen LogP contribution in [0.4, 0.5) is 0 Å². The van der Waals surface area contributed by atoms with Gasteiger partial charge in [0.2, 0.25) is 5.91 Å². The summed E-state index contributed by atoms with van der Waals surface area (Å²) in [4.78, 5) is 28.8. The number of rotatable bonds is 3. The first-order valence-electron chi connectivity index (χ1n) is 6.26. The van der Waals surface area contributed by atoms with E-state index in [0.29, 0.717) is 30.4 Å². The summed E-state index contributed by atoms with van der Waals surface area (Å²) in [5.41, 5.74) is 5.54. The molecule has 0 atom stereocenters. The molecule has 5 nitrogen and oxygen atoms in total. The molecule has 0 unspecified atom stereocenters. The molecule has 0 radical (unpaired) electrons. The van der Waals surface area contributed by atoms with Crippen LogP contribution in [0.15, 0.2) is 18.2 Å². The summed E-state index contributed by atoms with van der Waals surface area (Å²) in [5.74, 6) is -0.102. The van der Waals surface area contributed by atoms with E-state index in [0.717, 1.165) is 12.8 Å². The molecule has 0 aliphatic carbocycles. The monoisotopic (exact) mass is 281 g/mol. The number of likely N-dealkylation sites (tertiary alicyclic amines) is 1. The summed E-state index contributed by atoms with van der Waals surface area (Å²) in [6.07, 6.45) is 2.00. The molecule has 1 aliphatic heterocycles. The number of carbonyl (C=O) groups excluding carboxylic acids is 2. The Balaban J connectivity index is 1.94. The average Bonchev–Trinajstić information content (AvgIpc) is 2.38. The molecule has 1 aliphatic rings. The molecule has 2 heterocycles. The fraction of sp³-hybridized carbons (Fsp3) is 0.462. The van der Waals surface area contributed by atoms with Crippen molar-refractivity contribution in [2.24, 2.45) is 11.7 Å². The van der Waals surface area contributed by atoms with Gasteiger partial charge in [-0.2, -0.15) is 0 Å². The van der Waals surface area contributed by atoms with E-state index in [2.05, 4.69) is 4.98 Å². The number of amides is 2. The van der Waals surface area contributed by atoms with Gasteiger partial charge < -0.3 is 10.6 Å². The summed E-state index contributed by atoms with van der Waals surface area (Å²) >= 11 is 5.78. The molecule has 0 aromatic carbocycles. The molecule has 6 heteroatoms. The minimum Gasteiger partial charge on any atom is -0.370 e. The third-order valence-electron chi connectivity index (χ3n) is 3.33. The van der Waals surface area contributed by atoms with Crippen LogP contribution in [0.5, 0.6) is 0 Å². The van der Waals surface area contributed by atoms with Gasteiger partial charge in [0.15, 0.2) is 0 Å². The number of hydrogen-bond acceptors (Lipinski definition) is 3. The van der Waals surface area contributed by atoms with Crippen LogP contribution in [0.25, 0.3) is 0 Å². The highest BCUT2D eigenvalue weighted by atomic mass is 35.5. The van der Waals surface area contributed by atoms with E-state index in [-0.39, 0.29) is 17.7 Å². The largest absolute Gasteiger partial charge is 0.370 e.